The fraction of sp³-hybridized carbons (Fsp3) is 1.00. The second-order valence-corrected chi connectivity index (χ2v) is 5.26. The Bertz CT molecular complexity index is 151. The fourth-order valence-corrected chi connectivity index (χ4v) is 1.74. The molecule has 0 aromatic rings. The Kier molecular flexibility index (Phi) is 14.8. The van der Waals surface area contributed by atoms with Crippen LogP contribution in [-0.2, 0) is 0 Å². The Morgan fingerprint density at radius 2 is 1.28 bits per heavy atom. The third-order valence-corrected chi connectivity index (χ3v) is 3.40. The van der Waals surface area contributed by atoms with E-state index < -0.39 is 0 Å². The molecule has 1 atom stereocenters. The average Bonchev–Trinajstić information content (AvgIpc) is 2.39. The maximum Gasteiger partial charge on any atom is 0.00767 e. The fourth-order valence-electron chi connectivity index (χ4n) is 1.74. The van der Waals surface area contributed by atoms with Crippen LogP contribution in [0, 0.1) is 5.92 Å². The second kappa shape index (κ2) is 14.9. The second-order valence-electron chi connectivity index (χ2n) is 5.26. The van der Waals surface area contributed by atoms with Gasteiger partial charge in [-0.15, -0.1) is 0 Å². The van der Waals surface area contributed by atoms with Crippen molar-refractivity contribution in [3.8, 4) is 0 Å². The molecule has 110 valence electrons. The molecule has 0 aliphatic heterocycles. The van der Waals surface area contributed by atoms with E-state index in [-0.39, 0.29) is 0 Å². The van der Waals surface area contributed by atoms with Crippen molar-refractivity contribution in [1.29, 1.82) is 0 Å². The highest BCUT2D eigenvalue weighted by molar-refractivity contribution is 4.56. The summed E-state index contributed by atoms with van der Waals surface area (Å²) < 4.78 is 0. The molecule has 0 radical (unpaired) electrons. The molecule has 1 unspecified atom stereocenters. The van der Waals surface area contributed by atoms with E-state index >= 15 is 0 Å². The van der Waals surface area contributed by atoms with Crippen LogP contribution < -0.4 is 16.0 Å². The van der Waals surface area contributed by atoms with E-state index in [1.807, 2.05) is 0 Å². The van der Waals surface area contributed by atoms with Crippen molar-refractivity contribution in [2.75, 3.05) is 39.3 Å². The minimum atomic E-state index is 0.866. The zero-order valence-corrected chi connectivity index (χ0v) is 12.9. The summed E-state index contributed by atoms with van der Waals surface area (Å²) in [5, 5.41) is 10.4. The van der Waals surface area contributed by atoms with Gasteiger partial charge in [0.05, 0.1) is 0 Å². The van der Waals surface area contributed by atoms with E-state index in [2.05, 4.69) is 36.7 Å². The van der Waals surface area contributed by atoms with E-state index in [4.69, 9.17) is 0 Å². The first-order chi connectivity index (χ1) is 8.81. The number of hydrogen-bond donors (Lipinski definition) is 3. The molecule has 0 fully saturated rings. The third-order valence-electron chi connectivity index (χ3n) is 3.40. The molecule has 0 saturated heterocycles. The van der Waals surface area contributed by atoms with Crippen molar-refractivity contribution < 1.29 is 0 Å². The maximum absolute atomic E-state index is 3.51. The van der Waals surface area contributed by atoms with E-state index in [9.17, 15) is 0 Å². The lowest BCUT2D eigenvalue weighted by Crippen LogP contribution is -2.30. The number of unbranched alkanes of at least 4 members (excludes halogenated alkanes) is 1. The maximum atomic E-state index is 3.51. The number of rotatable bonds is 14. The standard InChI is InChI=1S/C15H35N3/c1-4-6-9-17-13-14-18-11-7-10-16-12-8-15(3)5-2/h15-18H,4-14H2,1-3H3. The third kappa shape index (κ3) is 13.9. The zero-order valence-electron chi connectivity index (χ0n) is 12.9. The van der Waals surface area contributed by atoms with Gasteiger partial charge in [-0.3, -0.25) is 0 Å². The molecule has 0 heterocycles. The summed E-state index contributed by atoms with van der Waals surface area (Å²) in [6.45, 7) is 13.6. The Morgan fingerprint density at radius 3 is 1.83 bits per heavy atom. The molecule has 18 heavy (non-hydrogen) atoms. The lowest BCUT2D eigenvalue weighted by molar-refractivity contribution is 0.482. The van der Waals surface area contributed by atoms with Crippen LogP contribution in [0.25, 0.3) is 0 Å². The molecule has 0 aliphatic rings. The van der Waals surface area contributed by atoms with Crippen molar-refractivity contribution in [2.24, 2.45) is 5.92 Å². The van der Waals surface area contributed by atoms with Crippen molar-refractivity contribution in [3.63, 3.8) is 0 Å². The number of nitrogens with one attached hydrogen (secondary N) is 3. The molecule has 3 heteroatoms. The highest BCUT2D eigenvalue weighted by Crippen LogP contribution is 2.03. The highest BCUT2D eigenvalue weighted by Gasteiger charge is 1.97. The van der Waals surface area contributed by atoms with Crippen LogP contribution in [0.1, 0.15) is 52.9 Å². The Morgan fingerprint density at radius 1 is 0.722 bits per heavy atom. The smallest absolute Gasteiger partial charge is 0.00767 e. The predicted octanol–water partition coefficient (Wildman–Crippen LogP) is 2.38. The Hall–Kier alpha value is -0.120. The Labute approximate surface area is 114 Å². The summed E-state index contributed by atoms with van der Waals surface area (Å²) in [4.78, 5) is 0. The van der Waals surface area contributed by atoms with Gasteiger partial charge < -0.3 is 16.0 Å². The van der Waals surface area contributed by atoms with Gasteiger partial charge in [0.15, 0.2) is 0 Å². The van der Waals surface area contributed by atoms with Crippen LogP contribution in [-0.4, -0.2) is 39.3 Å². The van der Waals surface area contributed by atoms with Gasteiger partial charge >= 0.3 is 0 Å². The molecule has 0 aliphatic carbocycles. The average molecular weight is 257 g/mol. The van der Waals surface area contributed by atoms with E-state index in [0.717, 1.165) is 38.6 Å². The summed E-state index contributed by atoms with van der Waals surface area (Å²) in [7, 11) is 0. The highest BCUT2D eigenvalue weighted by atomic mass is 14.9. The molecule has 0 aromatic carbocycles. The van der Waals surface area contributed by atoms with Gasteiger partial charge in [-0.05, 0) is 51.4 Å². The van der Waals surface area contributed by atoms with Crippen LogP contribution in [0.4, 0.5) is 0 Å². The largest absolute Gasteiger partial charge is 0.317 e. The SMILES string of the molecule is CCCCNCCNCCCNCCC(C)CC. The molecular formula is C15H35N3. The van der Waals surface area contributed by atoms with E-state index in [1.54, 1.807) is 0 Å². The van der Waals surface area contributed by atoms with Crippen molar-refractivity contribution in [3.05, 3.63) is 0 Å². The first-order valence-electron chi connectivity index (χ1n) is 7.93. The minimum absolute atomic E-state index is 0.866. The van der Waals surface area contributed by atoms with Gasteiger partial charge in [-0.2, -0.15) is 0 Å². The minimum Gasteiger partial charge on any atom is -0.317 e. The summed E-state index contributed by atoms with van der Waals surface area (Å²) in [6, 6.07) is 0. The van der Waals surface area contributed by atoms with Gasteiger partial charge in [0, 0.05) is 13.1 Å². The topological polar surface area (TPSA) is 36.1 Å². The van der Waals surface area contributed by atoms with Gasteiger partial charge in [0.1, 0.15) is 0 Å². The summed E-state index contributed by atoms with van der Waals surface area (Å²) in [5.41, 5.74) is 0. The van der Waals surface area contributed by atoms with Crippen LogP contribution in [0.2, 0.25) is 0 Å². The van der Waals surface area contributed by atoms with Gasteiger partial charge in [0.2, 0.25) is 0 Å². The molecule has 0 saturated carbocycles. The van der Waals surface area contributed by atoms with Crippen LogP contribution in [0.3, 0.4) is 0 Å². The molecule has 3 nitrogen and oxygen atoms in total. The van der Waals surface area contributed by atoms with E-state index in [0.29, 0.717) is 0 Å². The molecule has 0 aromatic heterocycles. The monoisotopic (exact) mass is 257 g/mol. The molecule has 3 N–H and O–H groups in total. The van der Waals surface area contributed by atoms with Crippen molar-refractivity contribution in [1.82, 2.24) is 16.0 Å². The molecule has 0 amide bonds. The molecule has 0 rings (SSSR count). The lowest BCUT2D eigenvalue weighted by atomic mass is 10.1. The molecule has 0 spiro atoms. The van der Waals surface area contributed by atoms with Crippen molar-refractivity contribution >= 4 is 0 Å². The summed E-state index contributed by atoms with van der Waals surface area (Å²) in [6.07, 6.45) is 6.41. The zero-order chi connectivity index (χ0) is 13.5. The first-order valence-corrected chi connectivity index (χ1v) is 7.93. The van der Waals surface area contributed by atoms with Crippen LogP contribution in [0.5, 0.6) is 0 Å². The van der Waals surface area contributed by atoms with Gasteiger partial charge in [-0.1, -0.05) is 33.6 Å². The quantitative estimate of drug-likeness (QED) is 0.418. The van der Waals surface area contributed by atoms with Crippen molar-refractivity contribution in [2.45, 2.75) is 52.9 Å². The van der Waals surface area contributed by atoms with E-state index in [1.165, 1.54) is 38.6 Å². The normalized spacial score (nSPS) is 12.8. The first kappa shape index (κ1) is 17.9. The Balaban J connectivity index is 2.94. The molecular weight excluding hydrogens is 222 g/mol. The van der Waals surface area contributed by atoms with Crippen LogP contribution in [0.15, 0.2) is 0 Å². The van der Waals surface area contributed by atoms with Crippen LogP contribution >= 0.6 is 0 Å². The molecule has 0 bridgehead atoms. The summed E-state index contributed by atoms with van der Waals surface area (Å²) >= 11 is 0. The lowest BCUT2D eigenvalue weighted by Gasteiger charge is -2.09. The predicted molar refractivity (Wildman–Crippen MR) is 82.2 cm³/mol. The summed E-state index contributed by atoms with van der Waals surface area (Å²) in [5.74, 6) is 0.866. The van der Waals surface area contributed by atoms with Gasteiger partial charge in [-0.25, -0.2) is 0 Å². The van der Waals surface area contributed by atoms with Gasteiger partial charge in [0.25, 0.3) is 0 Å². The number of hydrogen-bond acceptors (Lipinski definition) is 3.